The number of rotatable bonds is 5. The molecule has 1 atom stereocenters. The van der Waals surface area contributed by atoms with Gasteiger partial charge in [-0.15, -0.1) is 0 Å². The Bertz CT molecular complexity index is 69.4. The lowest BCUT2D eigenvalue weighted by molar-refractivity contribution is 0.138. The van der Waals surface area contributed by atoms with Gasteiger partial charge >= 0.3 is 0 Å². The number of methoxy groups -OCH3 is 1. The summed E-state index contributed by atoms with van der Waals surface area (Å²) in [5, 5.41) is 0. The Morgan fingerprint density at radius 2 is 1.67 bits per heavy atom. The van der Waals surface area contributed by atoms with Crippen LogP contribution in [0.3, 0.4) is 0 Å². The van der Waals surface area contributed by atoms with Gasteiger partial charge in [0, 0.05) is 13.7 Å². The van der Waals surface area contributed by atoms with E-state index in [9.17, 15) is 0 Å². The molecule has 0 N–H and O–H groups in total. The van der Waals surface area contributed by atoms with Crippen molar-refractivity contribution >= 4 is 0 Å². The van der Waals surface area contributed by atoms with E-state index < -0.39 is 0 Å². The van der Waals surface area contributed by atoms with Crippen LogP contribution in [0, 0.1) is 11.8 Å². The Balaban J connectivity index is 0. The summed E-state index contributed by atoms with van der Waals surface area (Å²) in [6.07, 6.45) is 2.54. The van der Waals surface area contributed by atoms with Crippen molar-refractivity contribution in [3.8, 4) is 0 Å². The van der Waals surface area contributed by atoms with Crippen LogP contribution in [0.5, 0.6) is 0 Å². The summed E-state index contributed by atoms with van der Waals surface area (Å²) in [5.41, 5.74) is 0. The number of hydrogen-bond donors (Lipinski definition) is 0. The highest BCUT2D eigenvalue weighted by Gasteiger charge is 2.07. The van der Waals surface area contributed by atoms with E-state index in [-0.39, 0.29) is 0 Å². The third-order valence-corrected chi connectivity index (χ3v) is 1.78. The molecule has 0 aromatic rings. The average Bonchev–Trinajstić information content (AvgIpc) is 2.07. The zero-order chi connectivity index (χ0) is 9.98. The molecule has 0 radical (unpaired) electrons. The van der Waals surface area contributed by atoms with Crippen molar-refractivity contribution in [2.45, 2.75) is 47.5 Å². The Hall–Kier alpha value is -0.0400. The summed E-state index contributed by atoms with van der Waals surface area (Å²) >= 11 is 0. The smallest absolute Gasteiger partial charge is 0.0490 e. The molecule has 0 saturated carbocycles. The molecule has 0 spiro atoms. The molecule has 0 bridgehead atoms. The highest BCUT2D eigenvalue weighted by atomic mass is 16.5. The minimum absolute atomic E-state index is 0.769. The fourth-order valence-electron chi connectivity index (χ4n) is 1.25. The first kappa shape index (κ1) is 14.5. The van der Waals surface area contributed by atoms with Gasteiger partial charge in [-0.25, -0.2) is 0 Å². The SMILES string of the molecule is CC.CCC(COC)CC(C)C. The second kappa shape index (κ2) is 11.0. The first-order valence-corrected chi connectivity index (χ1v) is 5.19. The Labute approximate surface area is 78.5 Å². The lowest BCUT2D eigenvalue weighted by Gasteiger charge is -2.15. The van der Waals surface area contributed by atoms with Crippen LogP contribution in [0.15, 0.2) is 0 Å². The zero-order valence-electron chi connectivity index (χ0n) is 9.68. The average molecular weight is 174 g/mol. The molecule has 1 unspecified atom stereocenters. The highest BCUT2D eigenvalue weighted by Crippen LogP contribution is 2.14. The molecule has 0 rings (SSSR count). The van der Waals surface area contributed by atoms with E-state index in [0.29, 0.717) is 0 Å². The standard InChI is InChI=1S/C9H20O.C2H6/c1-5-9(7-10-4)6-8(2)3;1-2/h8-9H,5-7H2,1-4H3;1-2H3. The van der Waals surface area contributed by atoms with Gasteiger partial charge in [0.2, 0.25) is 0 Å². The van der Waals surface area contributed by atoms with E-state index in [1.54, 1.807) is 7.11 Å². The Morgan fingerprint density at radius 3 is 1.92 bits per heavy atom. The van der Waals surface area contributed by atoms with Crippen LogP contribution in [0.4, 0.5) is 0 Å². The molecular weight excluding hydrogens is 148 g/mol. The second-order valence-electron chi connectivity index (χ2n) is 3.36. The second-order valence-corrected chi connectivity index (χ2v) is 3.36. The van der Waals surface area contributed by atoms with E-state index in [4.69, 9.17) is 4.74 Å². The maximum atomic E-state index is 5.10. The van der Waals surface area contributed by atoms with E-state index in [0.717, 1.165) is 18.4 Å². The third-order valence-electron chi connectivity index (χ3n) is 1.78. The van der Waals surface area contributed by atoms with Gasteiger partial charge in [0.05, 0.1) is 0 Å². The van der Waals surface area contributed by atoms with Crippen molar-refractivity contribution < 1.29 is 4.74 Å². The Kier molecular flexibility index (Phi) is 13.2. The van der Waals surface area contributed by atoms with Crippen molar-refractivity contribution in [3.05, 3.63) is 0 Å². The lowest BCUT2D eigenvalue weighted by Crippen LogP contribution is -2.09. The van der Waals surface area contributed by atoms with Crippen LogP contribution in [-0.4, -0.2) is 13.7 Å². The van der Waals surface area contributed by atoms with Gasteiger partial charge in [0.1, 0.15) is 0 Å². The molecule has 12 heavy (non-hydrogen) atoms. The van der Waals surface area contributed by atoms with Gasteiger partial charge in [0.15, 0.2) is 0 Å². The molecule has 0 heterocycles. The van der Waals surface area contributed by atoms with E-state index in [1.807, 2.05) is 13.8 Å². The first-order chi connectivity index (χ1) is 5.70. The van der Waals surface area contributed by atoms with Crippen LogP contribution in [0.2, 0.25) is 0 Å². The predicted octanol–water partition coefficient (Wildman–Crippen LogP) is 3.73. The monoisotopic (exact) mass is 174 g/mol. The van der Waals surface area contributed by atoms with Crippen molar-refractivity contribution in [3.63, 3.8) is 0 Å². The van der Waals surface area contributed by atoms with Crippen LogP contribution in [0.25, 0.3) is 0 Å². The summed E-state index contributed by atoms with van der Waals surface area (Å²) < 4.78 is 5.10. The predicted molar refractivity (Wildman–Crippen MR) is 56.5 cm³/mol. The fourth-order valence-corrected chi connectivity index (χ4v) is 1.25. The van der Waals surface area contributed by atoms with E-state index in [2.05, 4.69) is 20.8 Å². The minimum atomic E-state index is 0.769. The van der Waals surface area contributed by atoms with Crippen molar-refractivity contribution in [1.82, 2.24) is 0 Å². The molecular formula is C11H26O. The van der Waals surface area contributed by atoms with Gasteiger partial charge in [0.25, 0.3) is 0 Å². The third kappa shape index (κ3) is 9.96. The summed E-state index contributed by atoms with van der Waals surface area (Å²) in [4.78, 5) is 0. The van der Waals surface area contributed by atoms with Gasteiger partial charge in [-0.1, -0.05) is 41.0 Å². The Morgan fingerprint density at radius 1 is 1.17 bits per heavy atom. The summed E-state index contributed by atoms with van der Waals surface area (Å²) in [5.74, 6) is 1.57. The molecule has 76 valence electrons. The molecule has 0 aliphatic carbocycles. The van der Waals surface area contributed by atoms with E-state index in [1.165, 1.54) is 12.8 Å². The fraction of sp³-hybridized carbons (Fsp3) is 1.00. The van der Waals surface area contributed by atoms with E-state index >= 15 is 0 Å². The van der Waals surface area contributed by atoms with Crippen LogP contribution >= 0.6 is 0 Å². The van der Waals surface area contributed by atoms with Crippen LogP contribution < -0.4 is 0 Å². The maximum absolute atomic E-state index is 5.10. The maximum Gasteiger partial charge on any atom is 0.0490 e. The normalized spacial score (nSPS) is 12.2. The molecule has 0 fully saturated rings. The highest BCUT2D eigenvalue weighted by molar-refractivity contribution is 4.57. The van der Waals surface area contributed by atoms with Gasteiger partial charge in [-0.3, -0.25) is 0 Å². The number of ether oxygens (including phenoxy) is 1. The van der Waals surface area contributed by atoms with Gasteiger partial charge in [-0.2, -0.15) is 0 Å². The topological polar surface area (TPSA) is 9.23 Å². The molecule has 0 aromatic carbocycles. The summed E-state index contributed by atoms with van der Waals surface area (Å²) in [7, 11) is 1.78. The summed E-state index contributed by atoms with van der Waals surface area (Å²) in [6, 6.07) is 0. The summed E-state index contributed by atoms with van der Waals surface area (Å²) in [6.45, 7) is 11.7. The largest absolute Gasteiger partial charge is 0.384 e. The molecule has 0 saturated heterocycles. The molecule has 1 nitrogen and oxygen atoms in total. The molecule has 0 aromatic heterocycles. The van der Waals surface area contributed by atoms with Crippen molar-refractivity contribution in [2.24, 2.45) is 11.8 Å². The zero-order valence-corrected chi connectivity index (χ0v) is 9.68. The molecule has 0 amide bonds. The van der Waals surface area contributed by atoms with Crippen LogP contribution in [0.1, 0.15) is 47.5 Å². The lowest BCUT2D eigenvalue weighted by atomic mass is 9.96. The van der Waals surface area contributed by atoms with Crippen molar-refractivity contribution in [1.29, 1.82) is 0 Å². The minimum Gasteiger partial charge on any atom is -0.384 e. The van der Waals surface area contributed by atoms with Crippen molar-refractivity contribution in [2.75, 3.05) is 13.7 Å². The first-order valence-electron chi connectivity index (χ1n) is 5.19. The number of hydrogen-bond acceptors (Lipinski definition) is 1. The quantitative estimate of drug-likeness (QED) is 0.617. The van der Waals surface area contributed by atoms with Crippen LogP contribution in [-0.2, 0) is 4.74 Å². The molecule has 1 heteroatoms. The molecule has 0 aliphatic rings. The molecule has 0 aliphatic heterocycles. The van der Waals surface area contributed by atoms with Gasteiger partial charge in [-0.05, 0) is 18.3 Å². The van der Waals surface area contributed by atoms with Gasteiger partial charge < -0.3 is 4.74 Å².